The predicted molar refractivity (Wildman–Crippen MR) is 209 cm³/mol. The molecule has 0 saturated heterocycles. The number of amides is 1. The molecule has 0 saturated carbocycles. The molecule has 0 unspecified atom stereocenters. The summed E-state index contributed by atoms with van der Waals surface area (Å²) in [7, 11) is 0. The summed E-state index contributed by atoms with van der Waals surface area (Å²) in [6, 6.07) is 41.2. The maximum Gasteiger partial charge on any atom is 0.306 e. The molecule has 54 heavy (non-hydrogen) atoms. The van der Waals surface area contributed by atoms with E-state index in [0.29, 0.717) is 24.3 Å². The molecule has 1 aliphatic carbocycles. The highest BCUT2D eigenvalue weighted by atomic mass is 16.6. The van der Waals surface area contributed by atoms with Gasteiger partial charge < -0.3 is 19.3 Å². The van der Waals surface area contributed by atoms with Crippen molar-refractivity contribution in [3.05, 3.63) is 150 Å². The lowest BCUT2D eigenvalue weighted by atomic mass is 9.83. The van der Waals surface area contributed by atoms with Crippen molar-refractivity contribution in [2.45, 2.75) is 63.3 Å². The maximum absolute atomic E-state index is 14.9. The van der Waals surface area contributed by atoms with Gasteiger partial charge in [0, 0.05) is 25.0 Å². The van der Waals surface area contributed by atoms with E-state index in [1.54, 1.807) is 12.1 Å². The number of benzene rings is 5. The fourth-order valence-corrected chi connectivity index (χ4v) is 7.09. The minimum absolute atomic E-state index is 0.0181. The van der Waals surface area contributed by atoms with E-state index in [2.05, 4.69) is 35.1 Å². The fraction of sp³-hybridized carbons (Fsp3) is 0.267. The zero-order valence-electron chi connectivity index (χ0n) is 30.8. The molecular formula is C45H45N3O6. The second kappa shape index (κ2) is 15.7. The molecular weight excluding hydrogens is 679 g/mol. The van der Waals surface area contributed by atoms with E-state index < -0.39 is 29.1 Å². The van der Waals surface area contributed by atoms with Crippen LogP contribution in [0.5, 0.6) is 5.75 Å². The van der Waals surface area contributed by atoms with Crippen LogP contribution in [-0.2, 0) is 19.1 Å². The third-order valence-electron chi connectivity index (χ3n) is 9.64. The summed E-state index contributed by atoms with van der Waals surface area (Å²) in [5.41, 5.74) is 11.8. The van der Waals surface area contributed by atoms with Crippen molar-refractivity contribution in [3.63, 3.8) is 0 Å². The number of hydrogen-bond acceptors (Lipinski definition) is 8. The number of ether oxygens (including phenoxy) is 3. The largest absolute Gasteiger partial charge is 0.494 e. The van der Waals surface area contributed by atoms with Crippen LogP contribution in [-0.4, -0.2) is 47.2 Å². The van der Waals surface area contributed by atoms with Crippen molar-refractivity contribution in [1.82, 2.24) is 10.9 Å². The van der Waals surface area contributed by atoms with E-state index in [9.17, 15) is 9.59 Å². The van der Waals surface area contributed by atoms with Crippen LogP contribution in [0.4, 0.5) is 0 Å². The van der Waals surface area contributed by atoms with E-state index in [1.165, 1.54) is 0 Å². The van der Waals surface area contributed by atoms with Crippen LogP contribution < -0.4 is 15.6 Å². The Labute approximate surface area is 316 Å². The van der Waals surface area contributed by atoms with Crippen molar-refractivity contribution in [2.24, 2.45) is 4.99 Å². The first-order valence-electron chi connectivity index (χ1n) is 18.4. The van der Waals surface area contributed by atoms with Crippen molar-refractivity contribution in [3.8, 4) is 28.0 Å². The van der Waals surface area contributed by atoms with Gasteiger partial charge in [0.15, 0.2) is 11.6 Å². The number of nitrogens with zero attached hydrogens (tertiary/aromatic N) is 1. The number of esters is 1. The van der Waals surface area contributed by atoms with Crippen LogP contribution in [0.1, 0.15) is 74.4 Å². The van der Waals surface area contributed by atoms with Gasteiger partial charge in [0.2, 0.25) is 5.90 Å². The molecule has 5 aromatic rings. The van der Waals surface area contributed by atoms with E-state index in [-0.39, 0.29) is 31.4 Å². The molecule has 0 fully saturated rings. The first-order valence-corrected chi connectivity index (χ1v) is 18.4. The molecule has 0 aromatic heterocycles. The number of rotatable bonds is 13. The molecule has 3 N–H and O–H groups in total. The minimum atomic E-state index is -1.57. The van der Waals surface area contributed by atoms with Gasteiger partial charge in [-0.3, -0.25) is 15.0 Å². The SMILES string of the molecule is CC(C)(C)OC(=O)CC[C@]1(C(=O)NNC2c3ccccc3-c3ccccc32)N=C(c2ccc(OCCCO)cc2)O[C@H]1c1ccc(-c2ccccc2)cc1. The van der Waals surface area contributed by atoms with Gasteiger partial charge in [-0.05, 0) is 90.4 Å². The molecule has 2 atom stereocenters. The zero-order chi connectivity index (χ0) is 37.7. The molecule has 0 spiro atoms. The number of hydrogen-bond donors (Lipinski definition) is 3. The molecule has 1 heterocycles. The van der Waals surface area contributed by atoms with Crippen LogP contribution in [0.15, 0.2) is 132 Å². The first-order chi connectivity index (χ1) is 26.1. The van der Waals surface area contributed by atoms with Gasteiger partial charge in [-0.25, -0.2) is 10.4 Å². The smallest absolute Gasteiger partial charge is 0.306 e. The predicted octanol–water partition coefficient (Wildman–Crippen LogP) is 7.88. The summed E-state index contributed by atoms with van der Waals surface area (Å²) in [5, 5.41) is 9.16. The summed E-state index contributed by atoms with van der Waals surface area (Å²) in [4.78, 5) is 33.3. The number of carbonyl (C=O) groups excluding carboxylic acids is 2. The van der Waals surface area contributed by atoms with Gasteiger partial charge in [-0.2, -0.15) is 0 Å². The number of nitrogens with one attached hydrogen (secondary N) is 2. The second-order valence-electron chi connectivity index (χ2n) is 14.6. The topological polar surface area (TPSA) is 118 Å². The lowest BCUT2D eigenvalue weighted by Crippen LogP contribution is -2.53. The summed E-state index contributed by atoms with van der Waals surface area (Å²) >= 11 is 0. The van der Waals surface area contributed by atoms with Crippen LogP contribution >= 0.6 is 0 Å². The van der Waals surface area contributed by atoms with Crippen LogP contribution in [0.2, 0.25) is 0 Å². The van der Waals surface area contributed by atoms with Gasteiger partial charge in [-0.15, -0.1) is 0 Å². The number of aliphatic hydroxyl groups excluding tert-OH is 1. The van der Waals surface area contributed by atoms with Crippen LogP contribution in [0.3, 0.4) is 0 Å². The summed E-state index contributed by atoms with van der Waals surface area (Å²) in [6.45, 7) is 5.87. The quantitative estimate of drug-likeness (QED) is 0.0643. The molecule has 5 aromatic carbocycles. The second-order valence-corrected chi connectivity index (χ2v) is 14.6. The molecule has 7 rings (SSSR count). The van der Waals surface area contributed by atoms with E-state index in [4.69, 9.17) is 24.3 Å². The number of aliphatic imine (C=N–C) groups is 1. The van der Waals surface area contributed by atoms with Gasteiger partial charge in [0.1, 0.15) is 11.4 Å². The Morgan fingerprint density at radius 3 is 2.00 bits per heavy atom. The van der Waals surface area contributed by atoms with E-state index in [1.807, 2.05) is 112 Å². The molecule has 9 heteroatoms. The number of aliphatic hydroxyl groups is 1. The number of hydrazine groups is 1. The minimum Gasteiger partial charge on any atom is -0.494 e. The number of fused-ring (bicyclic) bond motifs is 3. The van der Waals surface area contributed by atoms with Crippen molar-refractivity contribution >= 4 is 17.8 Å². The van der Waals surface area contributed by atoms with Crippen LogP contribution in [0.25, 0.3) is 22.3 Å². The highest BCUT2D eigenvalue weighted by molar-refractivity contribution is 6.01. The monoisotopic (exact) mass is 723 g/mol. The van der Waals surface area contributed by atoms with E-state index in [0.717, 1.165) is 38.9 Å². The molecule has 0 radical (unpaired) electrons. The summed E-state index contributed by atoms with van der Waals surface area (Å²) in [5.74, 6) is 0.0237. The Hall–Kier alpha value is -5.77. The zero-order valence-corrected chi connectivity index (χ0v) is 30.8. The Kier molecular flexibility index (Phi) is 10.6. The molecule has 0 bridgehead atoms. The number of carbonyl (C=O) groups is 2. The van der Waals surface area contributed by atoms with Gasteiger partial charge >= 0.3 is 5.97 Å². The lowest BCUT2D eigenvalue weighted by molar-refractivity contribution is -0.155. The summed E-state index contributed by atoms with van der Waals surface area (Å²) in [6.07, 6.45) is -0.422. The highest BCUT2D eigenvalue weighted by Crippen LogP contribution is 2.45. The standard InChI is InChI=1S/C45H45N3O6/c1-44(2,3)54-39(50)26-27-45(43(51)48-47-40-37-16-9-7-14-35(37)36-15-8-10-17-38(36)40)41(32-20-18-31(19-21-32)30-12-5-4-6-13-30)53-42(46-45)33-22-24-34(25-23-33)52-29-11-28-49/h4-10,12-25,40-41,47,49H,11,26-29H2,1-3H3,(H,48,51)/t41-,45-/m0/s1. The van der Waals surface area contributed by atoms with Crippen LogP contribution in [0, 0.1) is 0 Å². The average molecular weight is 724 g/mol. The normalized spacial score (nSPS) is 17.6. The van der Waals surface area contributed by atoms with Crippen molar-refractivity contribution in [1.29, 1.82) is 0 Å². The lowest BCUT2D eigenvalue weighted by Gasteiger charge is -2.31. The highest BCUT2D eigenvalue weighted by Gasteiger charge is 2.53. The summed E-state index contributed by atoms with van der Waals surface area (Å²) < 4.78 is 18.2. The van der Waals surface area contributed by atoms with Gasteiger partial charge in [-0.1, -0.05) is 103 Å². The molecule has 2 aliphatic rings. The van der Waals surface area contributed by atoms with Gasteiger partial charge in [0.25, 0.3) is 5.91 Å². The van der Waals surface area contributed by atoms with Crippen molar-refractivity contribution in [2.75, 3.05) is 13.2 Å². The Bertz CT molecular complexity index is 2080. The third-order valence-corrected chi connectivity index (χ3v) is 9.64. The fourth-order valence-electron chi connectivity index (χ4n) is 7.09. The maximum atomic E-state index is 14.9. The van der Waals surface area contributed by atoms with E-state index >= 15 is 0 Å². The first kappa shape index (κ1) is 36.6. The molecule has 1 amide bonds. The van der Waals surface area contributed by atoms with Crippen molar-refractivity contribution < 1.29 is 28.9 Å². The molecule has 276 valence electrons. The Morgan fingerprint density at radius 1 is 0.778 bits per heavy atom. The molecule has 9 nitrogen and oxygen atoms in total. The molecule has 1 aliphatic heterocycles. The van der Waals surface area contributed by atoms with Gasteiger partial charge in [0.05, 0.1) is 12.6 Å². The Morgan fingerprint density at radius 2 is 1.37 bits per heavy atom. The third kappa shape index (κ3) is 7.78. The Balaban J connectivity index is 1.26. The average Bonchev–Trinajstić information content (AvgIpc) is 3.73.